The third-order valence-corrected chi connectivity index (χ3v) is 4.14. The van der Waals surface area contributed by atoms with Crippen molar-refractivity contribution in [1.82, 2.24) is 20.5 Å². The molecule has 0 bridgehead atoms. The smallest absolute Gasteiger partial charge is 0.245 e. The molecule has 0 saturated carbocycles. The lowest BCUT2D eigenvalue weighted by Gasteiger charge is -2.30. The Labute approximate surface area is 124 Å². The van der Waals surface area contributed by atoms with E-state index in [4.69, 9.17) is 0 Å². The van der Waals surface area contributed by atoms with E-state index >= 15 is 0 Å². The fraction of sp³-hybridized carbons (Fsp3) is 0.385. The molecule has 7 heteroatoms. The lowest BCUT2D eigenvalue weighted by molar-refractivity contribution is 0.480. The van der Waals surface area contributed by atoms with Crippen molar-refractivity contribution in [3.8, 4) is 11.4 Å². The summed E-state index contributed by atoms with van der Waals surface area (Å²) in [6, 6.07) is 5.28. The molecule has 0 radical (unpaired) electrons. The second kappa shape index (κ2) is 5.49. The minimum atomic E-state index is -0.309. The Hall–Kier alpha value is -1.47. The van der Waals surface area contributed by atoms with E-state index in [1.165, 1.54) is 6.07 Å². The van der Waals surface area contributed by atoms with Crippen molar-refractivity contribution in [2.24, 2.45) is 0 Å². The van der Waals surface area contributed by atoms with Gasteiger partial charge in [0, 0.05) is 31.2 Å². The van der Waals surface area contributed by atoms with Crippen LogP contribution in [0.3, 0.4) is 0 Å². The summed E-state index contributed by atoms with van der Waals surface area (Å²) in [6.07, 6.45) is 0. The van der Waals surface area contributed by atoms with Crippen molar-refractivity contribution in [3.05, 3.63) is 28.5 Å². The van der Waals surface area contributed by atoms with E-state index in [2.05, 4.69) is 48.3 Å². The van der Waals surface area contributed by atoms with Crippen LogP contribution in [0.1, 0.15) is 6.92 Å². The Bertz CT molecular complexity index is 615. The first kappa shape index (κ1) is 13.5. The topological polar surface area (TPSA) is 56.8 Å². The number of nitrogens with zero attached hydrogens (tertiary/aromatic N) is 3. The van der Waals surface area contributed by atoms with E-state index in [0.717, 1.165) is 19.6 Å². The summed E-state index contributed by atoms with van der Waals surface area (Å²) in [4.78, 5) is 6.59. The minimum absolute atomic E-state index is 0.309. The quantitative estimate of drug-likeness (QED) is 0.880. The van der Waals surface area contributed by atoms with Gasteiger partial charge in [-0.2, -0.15) is 4.98 Å². The van der Waals surface area contributed by atoms with Crippen LogP contribution in [0.25, 0.3) is 11.4 Å². The van der Waals surface area contributed by atoms with Gasteiger partial charge in [0.1, 0.15) is 5.82 Å². The fourth-order valence-electron chi connectivity index (χ4n) is 2.32. The minimum Gasteiger partial charge on any atom is -0.337 e. The Morgan fingerprint density at radius 2 is 2.30 bits per heavy atom. The monoisotopic (exact) mass is 339 g/mol. The number of rotatable bonds is 2. The standard InChI is InChI=1S/C13H15BrFN5/c1-8-7-20(6-5-16-8)13-17-12(18-19-13)9-3-2-4-10(15)11(9)14/h2-4,8,16H,5-7H2,1H3,(H,17,18,19). The summed E-state index contributed by atoms with van der Waals surface area (Å²) in [5.74, 6) is 0.915. The van der Waals surface area contributed by atoms with E-state index in [1.54, 1.807) is 12.1 Å². The first-order valence-electron chi connectivity index (χ1n) is 6.50. The zero-order chi connectivity index (χ0) is 14.1. The molecule has 1 atom stereocenters. The van der Waals surface area contributed by atoms with Gasteiger partial charge in [-0.1, -0.05) is 6.07 Å². The zero-order valence-electron chi connectivity index (χ0n) is 11.0. The highest BCUT2D eigenvalue weighted by molar-refractivity contribution is 9.10. The molecule has 20 heavy (non-hydrogen) atoms. The Morgan fingerprint density at radius 1 is 1.45 bits per heavy atom. The number of aromatic amines is 1. The van der Waals surface area contributed by atoms with E-state index in [0.29, 0.717) is 27.9 Å². The highest BCUT2D eigenvalue weighted by atomic mass is 79.9. The molecule has 0 aliphatic carbocycles. The molecule has 3 rings (SSSR count). The molecule has 0 spiro atoms. The Balaban J connectivity index is 1.88. The first-order valence-corrected chi connectivity index (χ1v) is 7.29. The van der Waals surface area contributed by atoms with Crippen molar-refractivity contribution in [3.63, 3.8) is 0 Å². The van der Waals surface area contributed by atoms with Crippen LogP contribution in [-0.4, -0.2) is 40.9 Å². The van der Waals surface area contributed by atoms with Gasteiger partial charge in [0.2, 0.25) is 5.95 Å². The molecule has 1 aromatic heterocycles. The second-order valence-electron chi connectivity index (χ2n) is 4.89. The van der Waals surface area contributed by atoms with Gasteiger partial charge in [0.05, 0.1) is 4.47 Å². The van der Waals surface area contributed by atoms with Crippen LogP contribution in [0.4, 0.5) is 10.3 Å². The molecule has 1 aliphatic rings. The van der Waals surface area contributed by atoms with Crippen LogP contribution in [0.2, 0.25) is 0 Å². The average Bonchev–Trinajstić information content (AvgIpc) is 2.91. The van der Waals surface area contributed by atoms with E-state index in [1.807, 2.05) is 0 Å². The van der Waals surface area contributed by atoms with E-state index in [9.17, 15) is 4.39 Å². The Kier molecular flexibility index (Phi) is 3.71. The van der Waals surface area contributed by atoms with Crippen molar-refractivity contribution in [1.29, 1.82) is 0 Å². The molecular formula is C13H15BrFN5. The molecular weight excluding hydrogens is 325 g/mol. The molecule has 106 valence electrons. The molecule has 1 saturated heterocycles. The largest absolute Gasteiger partial charge is 0.337 e. The van der Waals surface area contributed by atoms with Gasteiger partial charge in [-0.25, -0.2) is 4.39 Å². The number of piperazine rings is 1. The number of H-pyrrole nitrogens is 1. The summed E-state index contributed by atoms with van der Waals surface area (Å²) in [7, 11) is 0. The van der Waals surface area contributed by atoms with Gasteiger partial charge in [-0.15, -0.1) is 5.10 Å². The number of nitrogens with one attached hydrogen (secondary N) is 2. The van der Waals surface area contributed by atoms with Crippen molar-refractivity contribution in [2.45, 2.75) is 13.0 Å². The summed E-state index contributed by atoms with van der Waals surface area (Å²) in [5.41, 5.74) is 0.673. The Morgan fingerprint density at radius 3 is 3.10 bits per heavy atom. The van der Waals surface area contributed by atoms with Crippen LogP contribution >= 0.6 is 15.9 Å². The number of halogens is 2. The van der Waals surface area contributed by atoms with E-state index < -0.39 is 0 Å². The van der Waals surface area contributed by atoms with Crippen LogP contribution in [0.5, 0.6) is 0 Å². The molecule has 2 heterocycles. The van der Waals surface area contributed by atoms with Crippen molar-refractivity contribution < 1.29 is 4.39 Å². The third kappa shape index (κ3) is 2.55. The third-order valence-electron chi connectivity index (χ3n) is 3.33. The van der Waals surface area contributed by atoms with Crippen LogP contribution in [0.15, 0.2) is 22.7 Å². The van der Waals surface area contributed by atoms with Crippen LogP contribution < -0.4 is 10.2 Å². The number of hydrogen-bond donors (Lipinski definition) is 2. The first-order chi connectivity index (χ1) is 9.65. The van der Waals surface area contributed by atoms with Gasteiger partial charge in [0.15, 0.2) is 5.82 Å². The van der Waals surface area contributed by atoms with E-state index in [-0.39, 0.29) is 5.82 Å². The lowest BCUT2D eigenvalue weighted by Crippen LogP contribution is -2.49. The summed E-state index contributed by atoms with van der Waals surface area (Å²) in [6.45, 7) is 4.77. The number of benzene rings is 1. The number of anilines is 1. The SMILES string of the molecule is CC1CN(c2n[nH]c(-c3cccc(F)c3Br)n2)CCN1. The second-order valence-corrected chi connectivity index (χ2v) is 5.68. The molecule has 2 N–H and O–H groups in total. The summed E-state index contributed by atoms with van der Waals surface area (Å²) in [5, 5.41) is 10.5. The molecule has 1 aromatic carbocycles. The van der Waals surface area contributed by atoms with Crippen molar-refractivity contribution in [2.75, 3.05) is 24.5 Å². The van der Waals surface area contributed by atoms with Gasteiger partial charge < -0.3 is 10.2 Å². The van der Waals surface area contributed by atoms with Crippen LogP contribution in [0, 0.1) is 5.82 Å². The lowest BCUT2D eigenvalue weighted by atomic mass is 10.2. The predicted molar refractivity (Wildman–Crippen MR) is 79.2 cm³/mol. The predicted octanol–water partition coefficient (Wildman–Crippen LogP) is 2.17. The van der Waals surface area contributed by atoms with Gasteiger partial charge >= 0.3 is 0 Å². The maximum Gasteiger partial charge on any atom is 0.245 e. The van der Waals surface area contributed by atoms with Gasteiger partial charge in [-0.05, 0) is 35.0 Å². The molecule has 2 aromatic rings. The highest BCUT2D eigenvalue weighted by Gasteiger charge is 2.20. The summed E-state index contributed by atoms with van der Waals surface area (Å²) >= 11 is 3.25. The highest BCUT2D eigenvalue weighted by Crippen LogP contribution is 2.28. The number of hydrogen-bond acceptors (Lipinski definition) is 4. The zero-order valence-corrected chi connectivity index (χ0v) is 12.6. The average molecular weight is 340 g/mol. The molecule has 1 unspecified atom stereocenters. The maximum absolute atomic E-state index is 13.5. The molecule has 5 nitrogen and oxygen atoms in total. The maximum atomic E-state index is 13.5. The fourth-order valence-corrected chi connectivity index (χ4v) is 2.77. The van der Waals surface area contributed by atoms with Crippen molar-refractivity contribution >= 4 is 21.9 Å². The molecule has 1 fully saturated rings. The molecule has 1 aliphatic heterocycles. The van der Waals surface area contributed by atoms with Gasteiger partial charge in [0.25, 0.3) is 0 Å². The number of aromatic nitrogens is 3. The normalized spacial score (nSPS) is 19.4. The van der Waals surface area contributed by atoms with Gasteiger partial charge in [-0.3, -0.25) is 5.10 Å². The molecule has 0 amide bonds. The van der Waals surface area contributed by atoms with Crippen LogP contribution in [-0.2, 0) is 0 Å². The summed E-state index contributed by atoms with van der Waals surface area (Å²) < 4.78 is 13.9.